The van der Waals surface area contributed by atoms with Crippen LogP contribution in [0.1, 0.15) is 76.7 Å². The lowest BCUT2D eigenvalue weighted by Crippen LogP contribution is -2.70. The molecule has 2 aliphatic carbocycles. The van der Waals surface area contributed by atoms with Crippen molar-refractivity contribution in [3.63, 3.8) is 0 Å². The predicted molar refractivity (Wildman–Crippen MR) is 242 cm³/mol. The van der Waals surface area contributed by atoms with Crippen molar-refractivity contribution in [3.05, 3.63) is 101 Å². The minimum Gasteiger partial charge on any atom is -0.497 e. The number of nitro benzene ring substituents is 1. The van der Waals surface area contributed by atoms with Crippen LogP contribution < -0.4 is 29.0 Å². The van der Waals surface area contributed by atoms with Crippen LogP contribution in [0.15, 0.2) is 90.1 Å². The molecule has 3 aliphatic rings. The van der Waals surface area contributed by atoms with Gasteiger partial charge in [-0.05, 0) is 98.9 Å². The van der Waals surface area contributed by atoms with E-state index in [2.05, 4.69) is 18.0 Å². The highest BCUT2D eigenvalue weighted by atomic mass is 16.7. The van der Waals surface area contributed by atoms with E-state index >= 15 is 0 Å². The Hall–Kier alpha value is -6.17. The summed E-state index contributed by atoms with van der Waals surface area (Å²) in [5.74, 6) is -0.962. The van der Waals surface area contributed by atoms with Gasteiger partial charge in [-0.2, -0.15) is 0 Å². The number of ether oxygens (including phenoxy) is 6. The molecule has 17 heteroatoms. The van der Waals surface area contributed by atoms with E-state index in [1.807, 2.05) is 19.9 Å². The molecule has 0 saturated heterocycles. The fraction of sp³-hybridized carbons (Fsp3) is 0.479. The lowest BCUT2D eigenvalue weighted by Gasteiger charge is -2.59. The van der Waals surface area contributed by atoms with Crippen LogP contribution in [-0.2, 0) is 9.57 Å². The molecular weight excluding hydrogens is 841 g/mol. The molecule has 0 bridgehead atoms. The van der Waals surface area contributed by atoms with E-state index in [0.29, 0.717) is 60.8 Å². The normalized spacial score (nSPS) is 22.3. The first-order chi connectivity index (χ1) is 31.5. The van der Waals surface area contributed by atoms with Gasteiger partial charge in [-0.3, -0.25) is 20.3 Å². The number of anilines is 1. The molecule has 1 fully saturated rings. The van der Waals surface area contributed by atoms with Gasteiger partial charge in [-0.15, -0.1) is 6.58 Å². The second-order valence-corrected chi connectivity index (χ2v) is 16.1. The zero-order valence-electron chi connectivity index (χ0n) is 37.4. The maximum absolute atomic E-state index is 14.6. The Balaban J connectivity index is 1.51. The summed E-state index contributed by atoms with van der Waals surface area (Å²) in [5.41, 5.74) is 2.40. The topological polar surface area (TPSA) is 210 Å². The van der Waals surface area contributed by atoms with Gasteiger partial charge in [0.15, 0.2) is 0 Å². The third-order valence-corrected chi connectivity index (χ3v) is 12.1. The average molecular weight is 901 g/mol. The van der Waals surface area contributed by atoms with E-state index in [1.54, 1.807) is 41.3 Å². The summed E-state index contributed by atoms with van der Waals surface area (Å²) in [6.07, 6.45) is 7.11. The number of aliphatic hydroxyl groups excluding tert-OH is 2. The summed E-state index contributed by atoms with van der Waals surface area (Å²) in [6.45, 7) is 8.35. The van der Waals surface area contributed by atoms with Crippen LogP contribution in [-0.4, -0.2) is 97.0 Å². The number of carbonyl (C=O) groups excluding carboxylic acids is 2. The van der Waals surface area contributed by atoms with Crippen LogP contribution in [0.4, 0.5) is 21.0 Å². The maximum Gasteiger partial charge on any atom is 0.417 e. The Morgan fingerprint density at radius 3 is 2.35 bits per heavy atom. The van der Waals surface area contributed by atoms with Gasteiger partial charge in [0, 0.05) is 55.9 Å². The molecule has 6 unspecified atom stereocenters. The second-order valence-electron chi connectivity index (χ2n) is 16.1. The number of methoxy groups -OCH3 is 2. The van der Waals surface area contributed by atoms with E-state index in [0.717, 1.165) is 24.0 Å². The number of allylic oxidation sites excluding steroid dienone is 1. The van der Waals surface area contributed by atoms with Crippen molar-refractivity contribution in [2.24, 2.45) is 22.9 Å². The van der Waals surface area contributed by atoms with E-state index in [4.69, 9.17) is 38.4 Å². The highest BCUT2D eigenvalue weighted by Crippen LogP contribution is 2.62. The molecule has 0 aromatic heterocycles. The van der Waals surface area contributed by atoms with Crippen LogP contribution in [0.25, 0.3) is 0 Å². The number of nitrogens with zero attached hydrogens (tertiary/aromatic N) is 3. The van der Waals surface area contributed by atoms with Crippen LogP contribution in [0.2, 0.25) is 0 Å². The number of non-ortho nitro benzene ring substituents is 1. The SMILES string of the molecule is C=CCOC12Oc3ccc(OC(=O)Nc4ccc(OC)cc4OC)cc3C3C(CCCCO)C(CCCCO)C=C(C(=NOCC)CC1N(CCC)C(=O)Oc1ccc([N+](=O)[O-])cc1)C32. The van der Waals surface area contributed by atoms with Gasteiger partial charge in [0.1, 0.15) is 41.4 Å². The Morgan fingerprint density at radius 2 is 1.69 bits per heavy atom. The highest BCUT2D eigenvalue weighted by Gasteiger charge is 2.65. The Labute approximate surface area is 379 Å². The molecule has 1 aliphatic heterocycles. The van der Waals surface area contributed by atoms with Crippen molar-refractivity contribution < 1.29 is 58.0 Å². The molecule has 2 amide bonds. The zero-order valence-corrected chi connectivity index (χ0v) is 37.4. The van der Waals surface area contributed by atoms with E-state index in [1.165, 1.54) is 38.5 Å². The van der Waals surface area contributed by atoms with Gasteiger partial charge < -0.3 is 43.5 Å². The van der Waals surface area contributed by atoms with E-state index in [-0.39, 0.29) is 68.4 Å². The molecule has 0 radical (unpaired) electrons. The van der Waals surface area contributed by atoms with Gasteiger partial charge in [0.05, 0.1) is 43.1 Å². The third kappa shape index (κ3) is 10.9. The molecule has 6 atom stereocenters. The number of hydrogen-bond donors (Lipinski definition) is 3. The number of hydrogen-bond acceptors (Lipinski definition) is 14. The number of oxime groups is 1. The first kappa shape index (κ1) is 48.3. The smallest absolute Gasteiger partial charge is 0.417 e. The first-order valence-corrected chi connectivity index (χ1v) is 22.2. The summed E-state index contributed by atoms with van der Waals surface area (Å²) in [4.78, 5) is 46.3. The lowest BCUT2D eigenvalue weighted by molar-refractivity contribution is -0.384. The molecule has 1 heterocycles. The molecule has 3 aromatic rings. The number of carbonyl (C=O) groups is 2. The number of benzene rings is 3. The number of unbranched alkanes of at least 4 members (excludes halogenated alkanes) is 2. The molecule has 350 valence electrons. The Bertz CT molecular complexity index is 2200. The summed E-state index contributed by atoms with van der Waals surface area (Å²) in [5, 5.41) is 38.7. The largest absolute Gasteiger partial charge is 0.497 e. The van der Waals surface area contributed by atoms with Gasteiger partial charge in [-0.1, -0.05) is 37.1 Å². The molecule has 0 spiro atoms. The molecule has 3 N–H and O–H groups in total. The van der Waals surface area contributed by atoms with Gasteiger partial charge >= 0.3 is 12.2 Å². The standard InChI is InChI=1S/C48H60N4O13/c1-6-23-51(47(56)64-33-17-15-32(16-18-33)52(57)58)43-30-40(50-62-8-3)37-27-31(13-9-11-24-53)36(14-10-12-25-54)44-38-28-35(20-22-41(38)65-48(43,45(37)44)61-26-7-2)63-46(55)49-39-21-19-34(59-4)29-42(39)60-5/h7,15-22,27-29,31,36,43-45,53-54H,2,6,8-14,23-26,30H2,1,3-5H3,(H,49,55). The van der Waals surface area contributed by atoms with Crippen LogP contribution in [0.5, 0.6) is 28.7 Å². The molecule has 65 heavy (non-hydrogen) atoms. The molecule has 3 aromatic carbocycles. The highest BCUT2D eigenvalue weighted by molar-refractivity contribution is 6.03. The molecular formula is C48H60N4O13. The van der Waals surface area contributed by atoms with Gasteiger partial charge in [-0.25, -0.2) is 9.59 Å². The van der Waals surface area contributed by atoms with Crippen molar-refractivity contribution in [1.82, 2.24) is 4.90 Å². The summed E-state index contributed by atoms with van der Waals surface area (Å²) >= 11 is 0. The molecule has 1 saturated carbocycles. The van der Waals surface area contributed by atoms with Crippen LogP contribution >= 0.6 is 0 Å². The van der Waals surface area contributed by atoms with E-state index in [9.17, 15) is 29.9 Å². The monoisotopic (exact) mass is 900 g/mol. The zero-order chi connectivity index (χ0) is 46.5. The van der Waals surface area contributed by atoms with Gasteiger partial charge in [0.25, 0.3) is 5.69 Å². The van der Waals surface area contributed by atoms with Crippen LogP contribution in [0, 0.1) is 27.9 Å². The minimum absolute atomic E-state index is 0.0192. The first-order valence-electron chi connectivity index (χ1n) is 22.2. The number of nitro groups is 1. The molecule has 6 rings (SSSR count). The van der Waals surface area contributed by atoms with Crippen molar-refractivity contribution in [3.8, 4) is 28.7 Å². The number of fused-ring (bicyclic) bond motifs is 2. The van der Waals surface area contributed by atoms with E-state index < -0.39 is 40.8 Å². The van der Waals surface area contributed by atoms with Gasteiger partial charge in [0.2, 0.25) is 5.79 Å². The van der Waals surface area contributed by atoms with Crippen molar-refractivity contribution in [1.29, 1.82) is 0 Å². The second kappa shape index (κ2) is 22.6. The summed E-state index contributed by atoms with van der Waals surface area (Å²) in [6, 6.07) is 14.6. The Kier molecular flexibility index (Phi) is 16.8. The number of rotatable bonds is 22. The fourth-order valence-electron chi connectivity index (χ4n) is 9.41. The fourth-order valence-corrected chi connectivity index (χ4v) is 9.41. The van der Waals surface area contributed by atoms with Crippen LogP contribution in [0.3, 0.4) is 0 Å². The molecule has 17 nitrogen and oxygen atoms in total. The number of aliphatic hydroxyl groups is 2. The lowest BCUT2D eigenvalue weighted by atomic mass is 9.55. The maximum atomic E-state index is 14.6. The third-order valence-electron chi connectivity index (χ3n) is 12.1. The van der Waals surface area contributed by atoms with Crippen molar-refractivity contribution in [2.75, 3.05) is 52.5 Å². The minimum atomic E-state index is -1.57. The quantitative estimate of drug-likeness (QED) is 0.0373. The van der Waals surface area contributed by atoms with Crippen molar-refractivity contribution in [2.45, 2.75) is 83.0 Å². The predicted octanol–water partition coefficient (Wildman–Crippen LogP) is 8.79. The summed E-state index contributed by atoms with van der Waals surface area (Å²) in [7, 11) is 3.02. The van der Waals surface area contributed by atoms with Crippen molar-refractivity contribution >= 4 is 29.3 Å². The Morgan fingerprint density at radius 1 is 0.969 bits per heavy atom. The number of nitrogens with one attached hydrogen (secondary N) is 1. The average Bonchev–Trinajstić information content (AvgIpc) is 3.31. The number of amides is 2. The summed E-state index contributed by atoms with van der Waals surface area (Å²) < 4.78 is 36.9.